The van der Waals surface area contributed by atoms with Gasteiger partial charge in [-0.25, -0.2) is 0 Å². The number of ketones is 1. The topological polar surface area (TPSA) is 37.3 Å². The molecule has 1 fully saturated rings. The van der Waals surface area contributed by atoms with Gasteiger partial charge in [0.1, 0.15) is 6.61 Å². The van der Waals surface area contributed by atoms with E-state index in [1.54, 1.807) is 0 Å². The zero-order valence-corrected chi connectivity index (χ0v) is 7.07. The summed E-state index contributed by atoms with van der Waals surface area (Å²) >= 11 is 0. The van der Waals surface area contributed by atoms with E-state index < -0.39 is 0 Å². The molecule has 2 nitrogen and oxygen atoms in total. The number of Topliss-reactive ketones (excluding diaryl/α,β-unsaturated/α-hetero) is 1. The minimum atomic E-state index is -0.276. The molecule has 3 atom stereocenters. The van der Waals surface area contributed by atoms with Gasteiger partial charge in [0.15, 0.2) is 5.78 Å². The molecule has 0 amide bonds. The SMILES string of the molecule is O=C(CO)C1C[C@H]2C=C[C@H]1CC2. The molecule has 3 rings (SSSR count). The zero-order chi connectivity index (χ0) is 8.55. The number of carbonyl (C=O) groups excluding carboxylic acids is 1. The number of carbonyl (C=O) groups is 1. The van der Waals surface area contributed by atoms with E-state index in [0.717, 1.165) is 12.8 Å². The van der Waals surface area contributed by atoms with Crippen molar-refractivity contribution in [2.24, 2.45) is 17.8 Å². The number of fused-ring (bicyclic) bond motifs is 2. The quantitative estimate of drug-likeness (QED) is 0.625. The van der Waals surface area contributed by atoms with E-state index in [1.807, 2.05) is 0 Å². The van der Waals surface area contributed by atoms with Crippen LogP contribution in [0.15, 0.2) is 12.2 Å². The third-order valence-electron chi connectivity index (χ3n) is 3.14. The lowest BCUT2D eigenvalue weighted by Gasteiger charge is -2.36. The van der Waals surface area contributed by atoms with Gasteiger partial charge in [0.2, 0.25) is 0 Å². The van der Waals surface area contributed by atoms with Gasteiger partial charge in [-0.15, -0.1) is 0 Å². The first-order chi connectivity index (χ1) is 5.81. The van der Waals surface area contributed by atoms with Crippen LogP contribution in [0.1, 0.15) is 19.3 Å². The molecule has 0 radical (unpaired) electrons. The summed E-state index contributed by atoms with van der Waals surface area (Å²) < 4.78 is 0. The van der Waals surface area contributed by atoms with Crippen LogP contribution >= 0.6 is 0 Å². The molecule has 1 N–H and O–H groups in total. The fraction of sp³-hybridized carbons (Fsp3) is 0.700. The molecular weight excluding hydrogens is 152 g/mol. The van der Waals surface area contributed by atoms with Crippen molar-refractivity contribution in [1.82, 2.24) is 0 Å². The van der Waals surface area contributed by atoms with E-state index in [4.69, 9.17) is 5.11 Å². The second-order valence-corrected chi connectivity index (χ2v) is 3.85. The van der Waals surface area contributed by atoms with Gasteiger partial charge in [0, 0.05) is 5.92 Å². The molecule has 0 aromatic carbocycles. The van der Waals surface area contributed by atoms with Gasteiger partial charge in [0.25, 0.3) is 0 Å². The summed E-state index contributed by atoms with van der Waals surface area (Å²) in [5, 5.41) is 8.74. The van der Waals surface area contributed by atoms with Crippen molar-refractivity contribution in [2.75, 3.05) is 6.61 Å². The van der Waals surface area contributed by atoms with Crippen LogP contribution in [0.2, 0.25) is 0 Å². The molecule has 2 bridgehead atoms. The summed E-state index contributed by atoms with van der Waals surface area (Å²) in [7, 11) is 0. The largest absolute Gasteiger partial charge is 0.389 e. The Morgan fingerprint density at radius 3 is 2.67 bits per heavy atom. The standard InChI is InChI=1S/C10H14O2/c11-6-10(12)9-5-7-1-3-8(9)4-2-7/h1,3,7-9,11H,2,4-6H2/t7-,8-,9?/m0/s1. The number of hydrogen-bond donors (Lipinski definition) is 1. The average molecular weight is 166 g/mol. The third-order valence-corrected chi connectivity index (χ3v) is 3.14. The fourth-order valence-electron chi connectivity index (χ4n) is 2.42. The highest BCUT2D eigenvalue weighted by molar-refractivity contribution is 5.82. The van der Waals surface area contributed by atoms with Crippen molar-refractivity contribution in [3.63, 3.8) is 0 Å². The summed E-state index contributed by atoms with van der Waals surface area (Å²) in [5.74, 6) is 1.19. The molecule has 66 valence electrons. The summed E-state index contributed by atoms with van der Waals surface area (Å²) in [6.45, 7) is -0.276. The Bertz CT molecular complexity index is 220. The second-order valence-electron chi connectivity index (χ2n) is 3.85. The summed E-state index contributed by atoms with van der Waals surface area (Å²) in [5.41, 5.74) is 0. The molecule has 3 aliphatic rings. The molecule has 0 aliphatic heterocycles. The highest BCUT2D eigenvalue weighted by Gasteiger charge is 2.35. The second kappa shape index (κ2) is 3.02. The zero-order valence-electron chi connectivity index (χ0n) is 7.07. The average Bonchev–Trinajstić information content (AvgIpc) is 2.18. The molecule has 3 aliphatic carbocycles. The molecule has 12 heavy (non-hydrogen) atoms. The predicted molar refractivity (Wildman–Crippen MR) is 45.6 cm³/mol. The molecule has 0 heterocycles. The van der Waals surface area contributed by atoms with Gasteiger partial charge in [-0.05, 0) is 31.1 Å². The summed E-state index contributed by atoms with van der Waals surface area (Å²) in [6, 6.07) is 0. The summed E-state index contributed by atoms with van der Waals surface area (Å²) in [6.07, 6.45) is 7.74. The third kappa shape index (κ3) is 1.20. The lowest BCUT2D eigenvalue weighted by molar-refractivity contribution is -0.128. The Morgan fingerprint density at radius 2 is 2.25 bits per heavy atom. The van der Waals surface area contributed by atoms with Crippen molar-refractivity contribution in [1.29, 1.82) is 0 Å². The van der Waals surface area contributed by atoms with E-state index in [0.29, 0.717) is 11.8 Å². The van der Waals surface area contributed by atoms with E-state index in [-0.39, 0.29) is 18.3 Å². The lowest BCUT2D eigenvalue weighted by Crippen LogP contribution is -2.34. The maximum atomic E-state index is 11.3. The van der Waals surface area contributed by atoms with E-state index >= 15 is 0 Å². The molecule has 0 aromatic rings. The van der Waals surface area contributed by atoms with Crippen LogP contribution in [-0.4, -0.2) is 17.5 Å². The highest BCUT2D eigenvalue weighted by atomic mass is 16.3. The smallest absolute Gasteiger partial charge is 0.161 e. The maximum absolute atomic E-state index is 11.3. The maximum Gasteiger partial charge on any atom is 0.161 e. The number of aliphatic hydroxyl groups is 1. The van der Waals surface area contributed by atoms with Crippen molar-refractivity contribution < 1.29 is 9.90 Å². The van der Waals surface area contributed by atoms with Crippen LogP contribution in [0.3, 0.4) is 0 Å². The van der Waals surface area contributed by atoms with Gasteiger partial charge in [-0.2, -0.15) is 0 Å². The van der Waals surface area contributed by atoms with Crippen LogP contribution in [0.5, 0.6) is 0 Å². The van der Waals surface area contributed by atoms with Crippen molar-refractivity contribution in [2.45, 2.75) is 19.3 Å². The first kappa shape index (κ1) is 7.99. The van der Waals surface area contributed by atoms with Crippen LogP contribution in [-0.2, 0) is 4.79 Å². The van der Waals surface area contributed by atoms with Crippen LogP contribution in [0.25, 0.3) is 0 Å². The van der Waals surface area contributed by atoms with Crippen LogP contribution in [0.4, 0.5) is 0 Å². The van der Waals surface area contributed by atoms with E-state index in [9.17, 15) is 4.79 Å². The molecule has 2 heteroatoms. The molecule has 0 aromatic heterocycles. The van der Waals surface area contributed by atoms with E-state index in [1.165, 1.54) is 6.42 Å². The Kier molecular flexibility index (Phi) is 2.01. The van der Waals surface area contributed by atoms with Crippen LogP contribution in [0, 0.1) is 17.8 Å². The normalized spacial score (nSPS) is 38.6. The number of rotatable bonds is 2. The van der Waals surface area contributed by atoms with Gasteiger partial charge in [-0.1, -0.05) is 12.2 Å². The Morgan fingerprint density at radius 1 is 1.42 bits per heavy atom. The summed E-state index contributed by atoms with van der Waals surface area (Å²) in [4.78, 5) is 11.3. The van der Waals surface area contributed by atoms with Crippen molar-refractivity contribution >= 4 is 5.78 Å². The Hall–Kier alpha value is -0.630. The molecule has 0 saturated heterocycles. The minimum Gasteiger partial charge on any atom is -0.389 e. The molecule has 1 unspecified atom stereocenters. The Balaban J connectivity index is 2.11. The predicted octanol–water partition coefficient (Wildman–Crippen LogP) is 1.15. The number of hydrogen-bond acceptors (Lipinski definition) is 2. The van der Waals surface area contributed by atoms with Gasteiger partial charge in [-0.3, -0.25) is 4.79 Å². The number of aliphatic hydroxyl groups excluding tert-OH is 1. The lowest BCUT2D eigenvalue weighted by atomic mass is 9.68. The minimum absolute atomic E-state index is 0.0362. The first-order valence-electron chi connectivity index (χ1n) is 4.63. The Labute approximate surface area is 72.3 Å². The van der Waals surface area contributed by atoms with Gasteiger partial charge < -0.3 is 5.11 Å². The molecule has 1 saturated carbocycles. The van der Waals surface area contributed by atoms with Gasteiger partial charge >= 0.3 is 0 Å². The van der Waals surface area contributed by atoms with Crippen molar-refractivity contribution in [3.05, 3.63) is 12.2 Å². The molecule has 0 spiro atoms. The van der Waals surface area contributed by atoms with Gasteiger partial charge in [0.05, 0.1) is 0 Å². The number of allylic oxidation sites excluding steroid dienone is 2. The molecular formula is C10H14O2. The first-order valence-corrected chi connectivity index (χ1v) is 4.63. The van der Waals surface area contributed by atoms with Crippen molar-refractivity contribution in [3.8, 4) is 0 Å². The highest BCUT2D eigenvalue weighted by Crippen LogP contribution is 2.40. The fourth-order valence-corrected chi connectivity index (χ4v) is 2.42. The van der Waals surface area contributed by atoms with Crippen LogP contribution < -0.4 is 0 Å². The monoisotopic (exact) mass is 166 g/mol. The van der Waals surface area contributed by atoms with E-state index in [2.05, 4.69) is 12.2 Å².